The third kappa shape index (κ3) is 2.96. The number of para-hydroxylation sites is 3. The van der Waals surface area contributed by atoms with Crippen LogP contribution in [0, 0.1) is 0 Å². The summed E-state index contributed by atoms with van der Waals surface area (Å²) in [7, 11) is 0. The molecule has 3 heterocycles. The predicted octanol–water partition coefficient (Wildman–Crippen LogP) is 4.31. The van der Waals surface area contributed by atoms with Crippen LogP contribution < -0.4 is 10.1 Å². The molecule has 0 spiro atoms. The molecule has 31 heavy (non-hydrogen) atoms. The zero-order chi connectivity index (χ0) is 20.8. The largest absolute Gasteiger partial charge is 0.274 e. The molecule has 5 nitrogen and oxygen atoms in total. The first-order valence-electron chi connectivity index (χ1n) is 9.90. The van der Waals surface area contributed by atoms with Gasteiger partial charge in [-0.25, -0.2) is 14.1 Å². The van der Waals surface area contributed by atoms with Crippen molar-refractivity contribution < 1.29 is 0 Å². The summed E-state index contributed by atoms with van der Waals surface area (Å²) in [6, 6.07) is 27.7. The molecule has 0 N–H and O–H groups in total. The van der Waals surface area contributed by atoms with Crippen molar-refractivity contribution in [3.05, 3.63) is 112 Å². The molecular weight excluding hydrogens is 404 g/mol. The van der Waals surface area contributed by atoms with E-state index in [2.05, 4.69) is 4.98 Å². The van der Waals surface area contributed by atoms with E-state index in [1.165, 1.54) is 11.3 Å². The average molecular weight is 420 g/mol. The molecule has 6 heteroatoms. The second-order valence-electron chi connectivity index (χ2n) is 7.21. The Hall–Kier alpha value is -4.03. The maximum Gasteiger partial charge on any atom is 0.274 e. The minimum atomic E-state index is -0.0554. The summed E-state index contributed by atoms with van der Waals surface area (Å²) in [4.78, 5) is 18.5. The number of aromatic nitrogens is 4. The number of hydrogen-bond acceptors (Lipinski definition) is 4. The summed E-state index contributed by atoms with van der Waals surface area (Å²) in [6.45, 7) is 0. The van der Waals surface area contributed by atoms with E-state index >= 15 is 0 Å². The fraction of sp³-hybridized carbons (Fsp3) is 0. The molecule has 0 radical (unpaired) electrons. The number of rotatable bonds is 3. The van der Waals surface area contributed by atoms with E-state index in [0.29, 0.717) is 9.49 Å². The molecule has 6 aromatic rings. The lowest BCUT2D eigenvalue weighted by atomic mass is 10.1. The minimum absolute atomic E-state index is 0.0554. The van der Waals surface area contributed by atoms with E-state index in [-0.39, 0.29) is 5.56 Å². The lowest BCUT2D eigenvalue weighted by molar-refractivity contribution is 0.884. The molecule has 0 aliphatic heterocycles. The van der Waals surface area contributed by atoms with Gasteiger partial charge in [0.05, 0.1) is 26.9 Å². The van der Waals surface area contributed by atoms with Crippen molar-refractivity contribution in [2.24, 2.45) is 0 Å². The van der Waals surface area contributed by atoms with Gasteiger partial charge in [-0.3, -0.25) is 4.79 Å². The van der Waals surface area contributed by atoms with Gasteiger partial charge in [0, 0.05) is 17.3 Å². The van der Waals surface area contributed by atoms with Gasteiger partial charge in [0.25, 0.3) is 5.56 Å². The Bertz CT molecular complexity index is 1650. The monoisotopic (exact) mass is 420 g/mol. The first kappa shape index (κ1) is 17.8. The molecular formula is C25H16N4OS. The van der Waals surface area contributed by atoms with Gasteiger partial charge in [0.15, 0.2) is 4.96 Å². The average Bonchev–Trinajstić information content (AvgIpc) is 3.48. The smallest absolute Gasteiger partial charge is 0.267 e. The predicted molar refractivity (Wildman–Crippen MR) is 125 cm³/mol. The third-order valence-corrected chi connectivity index (χ3v) is 6.21. The van der Waals surface area contributed by atoms with Crippen LogP contribution in [0.25, 0.3) is 39.0 Å². The van der Waals surface area contributed by atoms with Crippen molar-refractivity contribution in [2.45, 2.75) is 0 Å². The van der Waals surface area contributed by atoms with Crippen LogP contribution in [0.15, 0.2) is 95.9 Å². The highest BCUT2D eigenvalue weighted by Crippen LogP contribution is 2.24. The van der Waals surface area contributed by atoms with E-state index in [9.17, 15) is 4.79 Å². The number of hydrogen-bond donors (Lipinski definition) is 0. The molecule has 0 aliphatic carbocycles. The Labute approximate surface area is 181 Å². The van der Waals surface area contributed by atoms with Gasteiger partial charge in [0.2, 0.25) is 0 Å². The van der Waals surface area contributed by atoms with E-state index in [0.717, 1.165) is 33.5 Å². The Morgan fingerprint density at radius 2 is 1.55 bits per heavy atom. The van der Waals surface area contributed by atoms with E-state index in [1.54, 1.807) is 4.40 Å². The van der Waals surface area contributed by atoms with Crippen LogP contribution in [0.4, 0.5) is 0 Å². The van der Waals surface area contributed by atoms with Crippen LogP contribution in [-0.4, -0.2) is 19.2 Å². The number of nitrogens with zero attached hydrogens (tertiary/aromatic N) is 4. The summed E-state index contributed by atoms with van der Waals surface area (Å²) >= 11 is 1.40. The van der Waals surface area contributed by atoms with Crippen LogP contribution in [0.5, 0.6) is 0 Å². The molecule has 3 aromatic carbocycles. The van der Waals surface area contributed by atoms with Gasteiger partial charge in [0.1, 0.15) is 0 Å². The molecule has 0 bridgehead atoms. The standard InChI is InChI=1S/C25H16N4OS/c30-24-22(31-25-26-20-13-7-8-14-21(20)29(24)25)15-18-16-28(19-11-5-2-6-12-19)27-23(18)17-9-3-1-4-10-17/h1-16H/b22-15-. The maximum absolute atomic E-state index is 13.2. The normalized spacial score (nSPS) is 12.2. The molecule has 148 valence electrons. The summed E-state index contributed by atoms with van der Waals surface area (Å²) < 4.78 is 4.18. The Morgan fingerprint density at radius 3 is 2.35 bits per heavy atom. The Kier molecular flexibility index (Phi) is 4.04. The van der Waals surface area contributed by atoms with Crippen molar-refractivity contribution >= 4 is 33.4 Å². The lowest BCUT2D eigenvalue weighted by Crippen LogP contribution is -2.22. The molecule has 0 aliphatic rings. The first-order valence-corrected chi connectivity index (χ1v) is 10.7. The Balaban J connectivity index is 1.59. The molecule has 0 unspecified atom stereocenters. The minimum Gasteiger partial charge on any atom is -0.267 e. The second kappa shape index (κ2) is 7.04. The maximum atomic E-state index is 13.2. The highest BCUT2D eigenvalue weighted by atomic mass is 32.1. The van der Waals surface area contributed by atoms with Gasteiger partial charge < -0.3 is 0 Å². The van der Waals surface area contributed by atoms with Crippen LogP contribution in [-0.2, 0) is 0 Å². The topological polar surface area (TPSA) is 52.2 Å². The van der Waals surface area contributed by atoms with Crippen molar-refractivity contribution in [1.29, 1.82) is 0 Å². The van der Waals surface area contributed by atoms with E-state index in [1.807, 2.05) is 102 Å². The third-order valence-electron chi connectivity index (χ3n) is 5.24. The van der Waals surface area contributed by atoms with Crippen molar-refractivity contribution in [2.75, 3.05) is 0 Å². The van der Waals surface area contributed by atoms with Crippen molar-refractivity contribution in [3.8, 4) is 16.9 Å². The number of benzene rings is 3. The van der Waals surface area contributed by atoms with Crippen molar-refractivity contribution in [1.82, 2.24) is 19.2 Å². The number of fused-ring (bicyclic) bond motifs is 3. The van der Waals surface area contributed by atoms with Gasteiger partial charge >= 0.3 is 0 Å². The molecule has 0 atom stereocenters. The fourth-order valence-electron chi connectivity index (χ4n) is 3.78. The summed E-state index contributed by atoms with van der Waals surface area (Å²) in [5.74, 6) is 0. The van der Waals surface area contributed by atoms with Gasteiger partial charge in [-0.15, -0.1) is 0 Å². The zero-order valence-corrected chi connectivity index (χ0v) is 17.2. The number of thiazole rings is 1. The summed E-state index contributed by atoms with van der Waals surface area (Å²) in [5.41, 5.74) is 5.30. The summed E-state index contributed by atoms with van der Waals surface area (Å²) in [5, 5.41) is 4.83. The van der Waals surface area contributed by atoms with Gasteiger partial charge in [-0.05, 0) is 30.3 Å². The van der Waals surface area contributed by atoms with Crippen LogP contribution in [0.1, 0.15) is 5.56 Å². The Morgan fingerprint density at radius 1 is 0.839 bits per heavy atom. The van der Waals surface area contributed by atoms with Crippen molar-refractivity contribution in [3.63, 3.8) is 0 Å². The van der Waals surface area contributed by atoms with Crippen LogP contribution in [0.3, 0.4) is 0 Å². The van der Waals surface area contributed by atoms with Gasteiger partial charge in [-0.1, -0.05) is 72.0 Å². The molecule has 0 fully saturated rings. The molecule has 0 saturated heterocycles. The SMILES string of the molecule is O=c1/c(=C/c2cn(-c3ccccc3)nc2-c2ccccc2)sc2nc3ccccc3n12. The lowest BCUT2D eigenvalue weighted by Gasteiger charge is -2.00. The van der Waals surface area contributed by atoms with Crippen LogP contribution >= 0.6 is 11.3 Å². The van der Waals surface area contributed by atoms with E-state index < -0.39 is 0 Å². The highest BCUT2D eigenvalue weighted by Gasteiger charge is 2.14. The fourth-order valence-corrected chi connectivity index (χ4v) is 4.76. The number of imidazole rings is 1. The molecule has 3 aromatic heterocycles. The zero-order valence-electron chi connectivity index (χ0n) is 16.3. The quantitative estimate of drug-likeness (QED) is 0.429. The second-order valence-corrected chi connectivity index (χ2v) is 8.22. The molecule has 0 saturated carbocycles. The first-order chi connectivity index (χ1) is 15.3. The molecule has 6 rings (SSSR count). The van der Waals surface area contributed by atoms with E-state index in [4.69, 9.17) is 5.10 Å². The van der Waals surface area contributed by atoms with Gasteiger partial charge in [-0.2, -0.15) is 5.10 Å². The molecule has 0 amide bonds. The highest BCUT2D eigenvalue weighted by molar-refractivity contribution is 7.15. The van der Waals surface area contributed by atoms with Crippen LogP contribution in [0.2, 0.25) is 0 Å². The summed E-state index contributed by atoms with van der Waals surface area (Å²) in [6.07, 6.45) is 3.89.